The molecule has 0 amide bonds. The average Bonchev–Trinajstić information content (AvgIpc) is 2.81. The van der Waals surface area contributed by atoms with E-state index in [-0.39, 0.29) is 11.3 Å². The fourth-order valence-corrected chi connectivity index (χ4v) is 4.00. The molecule has 1 atom stereocenters. The van der Waals surface area contributed by atoms with Crippen LogP contribution in [0.4, 0.5) is 5.95 Å². The summed E-state index contributed by atoms with van der Waals surface area (Å²) in [6.07, 6.45) is 4.33. The van der Waals surface area contributed by atoms with Gasteiger partial charge in [0.25, 0.3) is 5.56 Å². The van der Waals surface area contributed by atoms with Gasteiger partial charge >= 0.3 is 0 Å². The normalized spacial score (nSPS) is 16.5. The zero-order chi connectivity index (χ0) is 21.1. The molecule has 3 heterocycles. The van der Waals surface area contributed by atoms with Crippen LogP contribution in [-0.2, 0) is 11.8 Å². The minimum Gasteiger partial charge on any atom is -0.366 e. The fourth-order valence-electron chi connectivity index (χ4n) is 3.39. The Labute approximate surface area is 178 Å². The highest BCUT2D eigenvalue weighted by Crippen LogP contribution is 2.24. The van der Waals surface area contributed by atoms with Crippen LogP contribution in [-0.4, -0.2) is 57.4 Å². The second kappa shape index (κ2) is 8.76. The topological polar surface area (TPSA) is 90.2 Å². The molecule has 2 aromatic heterocycles. The molecule has 0 bridgehead atoms. The van der Waals surface area contributed by atoms with E-state index in [1.807, 2.05) is 35.4 Å². The van der Waals surface area contributed by atoms with E-state index >= 15 is 0 Å². The van der Waals surface area contributed by atoms with Gasteiger partial charge in [-0.05, 0) is 18.4 Å². The summed E-state index contributed by atoms with van der Waals surface area (Å²) in [5.41, 5.74) is 1.49. The minimum atomic E-state index is -0.633. The third kappa shape index (κ3) is 3.99. The molecule has 0 N–H and O–H groups in total. The number of hydrogen-bond donors (Lipinski definition) is 0. The lowest BCUT2D eigenvalue weighted by atomic mass is 10.0. The molecular formula is C21H21N5O3S. The van der Waals surface area contributed by atoms with Gasteiger partial charge in [-0.25, -0.2) is 15.0 Å². The fraction of sp³-hybridized carbons (Fsp3) is 0.286. The summed E-state index contributed by atoms with van der Waals surface area (Å²) in [4.78, 5) is 41.3. The number of nitrogens with zero attached hydrogens (tertiary/aromatic N) is 5. The van der Waals surface area contributed by atoms with Gasteiger partial charge in [0.05, 0.1) is 24.5 Å². The second-order valence-electron chi connectivity index (χ2n) is 6.80. The van der Waals surface area contributed by atoms with E-state index in [1.54, 1.807) is 19.3 Å². The second-order valence-corrected chi connectivity index (χ2v) is 7.65. The molecule has 0 radical (unpaired) electrons. The third-order valence-corrected chi connectivity index (χ3v) is 5.77. The Morgan fingerprint density at radius 2 is 2.07 bits per heavy atom. The summed E-state index contributed by atoms with van der Waals surface area (Å²) < 4.78 is 7.27. The number of ketones is 1. The van der Waals surface area contributed by atoms with Crippen molar-refractivity contribution < 1.29 is 9.53 Å². The molecule has 1 aliphatic rings. The van der Waals surface area contributed by atoms with Crippen LogP contribution in [0.5, 0.6) is 0 Å². The van der Waals surface area contributed by atoms with Crippen LogP contribution in [0.1, 0.15) is 10.4 Å². The molecule has 0 saturated carbocycles. The molecule has 8 nitrogen and oxygen atoms in total. The lowest BCUT2D eigenvalue weighted by molar-refractivity contribution is 0.0334. The first-order valence-corrected chi connectivity index (χ1v) is 10.7. The number of anilines is 1. The SMILES string of the molecule is CSc1ccccc1C(=O)C1CN(c2nc(-c3ccncn3)cc(=O)n2C)CCO1. The third-order valence-electron chi connectivity index (χ3n) is 4.97. The number of rotatable bonds is 5. The summed E-state index contributed by atoms with van der Waals surface area (Å²) in [5.74, 6) is 0.414. The number of thioether (sulfide) groups is 1. The molecule has 1 saturated heterocycles. The van der Waals surface area contributed by atoms with E-state index in [9.17, 15) is 9.59 Å². The van der Waals surface area contributed by atoms with E-state index in [0.29, 0.717) is 42.6 Å². The van der Waals surface area contributed by atoms with Crippen molar-refractivity contribution in [3.63, 3.8) is 0 Å². The molecule has 3 aromatic rings. The van der Waals surface area contributed by atoms with Crippen molar-refractivity contribution in [1.82, 2.24) is 19.5 Å². The quantitative estimate of drug-likeness (QED) is 0.455. The van der Waals surface area contributed by atoms with E-state index in [2.05, 4.69) is 15.0 Å². The van der Waals surface area contributed by atoms with Crippen molar-refractivity contribution in [3.8, 4) is 11.4 Å². The maximum Gasteiger partial charge on any atom is 0.255 e. The van der Waals surface area contributed by atoms with E-state index in [0.717, 1.165) is 4.90 Å². The van der Waals surface area contributed by atoms with Gasteiger partial charge < -0.3 is 9.64 Å². The first kappa shape index (κ1) is 20.2. The molecule has 30 heavy (non-hydrogen) atoms. The van der Waals surface area contributed by atoms with Gasteiger partial charge in [0, 0.05) is 36.3 Å². The number of carbonyl (C=O) groups is 1. The molecule has 4 rings (SSSR count). The van der Waals surface area contributed by atoms with Crippen molar-refractivity contribution >= 4 is 23.5 Å². The Morgan fingerprint density at radius 1 is 1.23 bits per heavy atom. The molecule has 9 heteroatoms. The van der Waals surface area contributed by atoms with Crippen LogP contribution < -0.4 is 10.5 Å². The summed E-state index contributed by atoms with van der Waals surface area (Å²) in [5, 5.41) is 0. The number of ether oxygens (including phenoxy) is 1. The summed E-state index contributed by atoms with van der Waals surface area (Å²) in [6.45, 7) is 1.21. The van der Waals surface area contributed by atoms with Gasteiger partial charge in [0.1, 0.15) is 12.4 Å². The van der Waals surface area contributed by atoms with Gasteiger partial charge in [0.15, 0.2) is 5.78 Å². The standard InChI is InChI=1S/C21H21N5O3S/c1-25-19(27)11-16(15-7-8-22-13-23-15)24-21(25)26-9-10-29-17(12-26)20(28)14-5-3-4-6-18(14)30-2/h3-8,11,13,17H,9-10,12H2,1-2H3. The van der Waals surface area contributed by atoms with E-state index in [4.69, 9.17) is 4.74 Å². The van der Waals surface area contributed by atoms with Crippen LogP contribution in [0.3, 0.4) is 0 Å². The van der Waals surface area contributed by atoms with Gasteiger partial charge in [-0.1, -0.05) is 18.2 Å². The van der Waals surface area contributed by atoms with Gasteiger partial charge in [-0.2, -0.15) is 0 Å². The van der Waals surface area contributed by atoms with Gasteiger partial charge in [-0.15, -0.1) is 11.8 Å². The lowest BCUT2D eigenvalue weighted by Crippen LogP contribution is -2.48. The summed E-state index contributed by atoms with van der Waals surface area (Å²) >= 11 is 1.53. The Kier molecular flexibility index (Phi) is 5.91. The maximum atomic E-state index is 13.1. The molecule has 1 unspecified atom stereocenters. The average molecular weight is 423 g/mol. The largest absolute Gasteiger partial charge is 0.366 e. The molecule has 0 spiro atoms. The van der Waals surface area contributed by atoms with Crippen LogP contribution in [0.2, 0.25) is 0 Å². The Hall–Kier alpha value is -3.04. The first-order valence-electron chi connectivity index (χ1n) is 9.46. The highest BCUT2D eigenvalue weighted by Gasteiger charge is 2.30. The number of carbonyl (C=O) groups excluding carboxylic acids is 1. The van der Waals surface area contributed by atoms with E-state index in [1.165, 1.54) is 28.7 Å². The number of hydrogen-bond acceptors (Lipinski definition) is 8. The summed E-state index contributed by atoms with van der Waals surface area (Å²) in [7, 11) is 1.67. The van der Waals surface area contributed by atoms with Crippen LogP contribution in [0.15, 0.2) is 58.6 Å². The zero-order valence-corrected chi connectivity index (χ0v) is 17.5. The number of morpholine rings is 1. The highest BCUT2D eigenvalue weighted by molar-refractivity contribution is 7.98. The predicted octanol–water partition coefficient (Wildman–Crippen LogP) is 2.05. The van der Waals surface area contributed by atoms with Crippen LogP contribution in [0, 0.1) is 0 Å². The number of aromatic nitrogens is 4. The smallest absolute Gasteiger partial charge is 0.255 e. The predicted molar refractivity (Wildman–Crippen MR) is 115 cm³/mol. The Balaban J connectivity index is 1.64. The molecule has 0 aliphatic carbocycles. The number of benzene rings is 1. The van der Waals surface area contributed by atoms with Crippen molar-refractivity contribution in [2.75, 3.05) is 30.9 Å². The minimum absolute atomic E-state index is 0.0680. The molecule has 1 aliphatic heterocycles. The number of Topliss-reactive ketones (excluding diaryl/α,β-unsaturated/α-hetero) is 1. The molecule has 154 valence electrons. The zero-order valence-electron chi connectivity index (χ0n) is 16.7. The highest BCUT2D eigenvalue weighted by atomic mass is 32.2. The Bertz CT molecular complexity index is 1120. The monoisotopic (exact) mass is 423 g/mol. The van der Waals surface area contributed by atoms with Crippen molar-refractivity contribution in [2.24, 2.45) is 7.05 Å². The van der Waals surface area contributed by atoms with Crippen molar-refractivity contribution in [1.29, 1.82) is 0 Å². The molecule has 1 aromatic carbocycles. The van der Waals surface area contributed by atoms with E-state index < -0.39 is 6.10 Å². The molecular weight excluding hydrogens is 402 g/mol. The van der Waals surface area contributed by atoms with Gasteiger partial charge in [0.2, 0.25) is 5.95 Å². The first-order chi connectivity index (χ1) is 14.6. The lowest BCUT2D eigenvalue weighted by Gasteiger charge is -2.33. The van der Waals surface area contributed by atoms with Crippen LogP contribution >= 0.6 is 11.8 Å². The summed E-state index contributed by atoms with van der Waals surface area (Å²) in [6, 6.07) is 10.7. The van der Waals surface area contributed by atoms with Gasteiger partial charge in [-0.3, -0.25) is 14.2 Å². The van der Waals surface area contributed by atoms with Crippen molar-refractivity contribution in [3.05, 3.63) is 64.8 Å². The molecule has 1 fully saturated rings. The van der Waals surface area contributed by atoms with Crippen LogP contribution in [0.25, 0.3) is 11.4 Å². The van der Waals surface area contributed by atoms with Crippen molar-refractivity contribution in [2.45, 2.75) is 11.0 Å². The maximum absolute atomic E-state index is 13.1. The Morgan fingerprint density at radius 3 is 2.83 bits per heavy atom.